The Morgan fingerprint density at radius 1 is 0.833 bits per heavy atom. The second-order valence-corrected chi connectivity index (χ2v) is 9.69. The van der Waals surface area contributed by atoms with Crippen LogP contribution in [0.1, 0.15) is 27.2 Å². The van der Waals surface area contributed by atoms with Crippen LogP contribution in [0.3, 0.4) is 0 Å². The number of aromatic nitrogens is 2. The number of nitrogens with zero attached hydrogens (tertiary/aromatic N) is 5. The lowest BCUT2D eigenvalue weighted by molar-refractivity contribution is 0.0745. The third-order valence-corrected chi connectivity index (χ3v) is 7.12. The van der Waals surface area contributed by atoms with E-state index >= 15 is 0 Å². The fourth-order valence-electron chi connectivity index (χ4n) is 5.01. The van der Waals surface area contributed by atoms with E-state index in [9.17, 15) is 9.59 Å². The molecule has 3 heterocycles. The van der Waals surface area contributed by atoms with E-state index in [0.717, 1.165) is 49.5 Å². The lowest BCUT2D eigenvalue weighted by Crippen LogP contribution is -2.49. The standard InChI is InChI=1S/C28H34N6O2/c1-22-7-5-6-10-25(22)27(36)33-15-17-34(18-16-33)28-29-24(19-26(35)30-28)21-32-13-11-31(12-14-32)20-23-8-3-2-4-9-23/h2-10,19H,11-18,20-21H2,1H3,(H,29,30,35). The van der Waals surface area contributed by atoms with Gasteiger partial charge in [0.1, 0.15) is 0 Å². The molecule has 3 aromatic rings. The number of hydrogen-bond acceptors (Lipinski definition) is 6. The SMILES string of the molecule is Cc1ccccc1C(=O)N1CCN(c2nc(CN3CCN(Cc4ccccc4)CC3)cc(=O)[nH]2)CC1. The Kier molecular flexibility index (Phi) is 7.44. The summed E-state index contributed by atoms with van der Waals surface area (Å²) in [7, 11) is 0. The number of benzene rings is 2. The minimum Gasteiger partial charge on any atom is -0.339 e. The van der Waals surface area contributed by atoms with Gasteiger partial charge in [-0.05, 0) is 24.1 Å². The van der Waals surface area contributed by atoms with Crippen molar-refractivity contribution in [1.29, 1.82) is 0 Å². The lowest BCUT2D eigenvalue weighted by Gasteiger charge is -2.36. The second kappa shape index (κ2) is 11.1. The molecule has 8 heteroatoms. The molecule has 0 aliphatic carbocycles. The summed E-state index contributed by atoms with van der Waals surface area (Å²) in [6.07, 6.45) is 0. The molecule has 0 atom stereocenters. The summed E-state index contributed by atoms with van der Waals surface area (Å²) in [6.45, 7) is 10.0. The maximum Gasteiger partial charge on any atom is 0.254 e. The molecule has 2 aliphatic heterocycles. The Bertz CT molecular complexity index is 1230. The Labute approximate surface area is 212 Å². The van der Waals surface area contributed by atoms with Crippen LogP contribution in [0.25, 0.3) is 0 Å². The fraction of sp³-hybridized carbons (Fsp3) is 0.393. The number of aromatic amines is 1. The molecule has 8 nitrogen and oxygen atoms in total. The van der Waals surface area contributed by atoms with Crippen LogP contribution < -0.4 is 10.5 Å². The van der Waals surface area contributed by atoms with E-state index in [2.05, 4.69) is 50.0 Å². The van der Waals surface area contributed by atoms with E-state index in [1.165, 1.54) is 5.56 Å². The number of aryl methyl sites for hydroxylation is 1. The molecular weight excluding hydrogens is 452 g/mol. The van der Waals surface area contributed by atoms with Gasteiger partial charge in [0.15, 0.2) is 0 Å². The first-order chi connectivity index (χ1) is 17.5. The lowest BCUT2D eigenvalue weighted by atomic mass is 10.1. The van der Waals surface area contributed by atoms with E-state index in [1.54, 1.807) is 6.07 Å². The van der Waals surface area contributed by atoms with Crippen molar-refractivity contribution in [3.63, 3.8) is 0 Å². The van der Waals surface area contributed by atoms with E-state index in [-0.39, 0.29) is 11.5 Å². The molecule has 0 radical (unpaired) electrons. The molecular formula is C28H34N6O2. The molecule has 188 valence electrons. The van der Waals surface area contributed by atoms with E-state index in [4.69, 9.17) is 4.98 Å². The van der Waals surface area contributed by atoms with E-state index in [1.807, 2.05) is 36.1 Å². The monoisotopic (exact) mass is 486 g/mol. The minimum atomic E-state index is -0.129. The average Bonchev–Trinajstić information content (AvgIpc) is 2.90. The summed E-state index contributed by atoms with van der Waals surface area (Å²) in [5, 5.41) is 0. The van der Waals surface area contributed by atoms with Gasteiger partial charge in [-0.15, -0.1) is 0 Å². The Balaban J connectivity index is 1.15. The molecule has 5 rings (SSSR count). The number of carbonyl (C=O) groups excluding carboxylic acids is 1. The van der Waals surface area contributed by atoms with Crippen LogP contribution in [-0.4, -0.2) is 82.9 Å². The zero-order chi connectivity index (χ0) is 24.9. The normalized spacial score (nSPS) is 17.4. The van der Waals surface area contributed by atoms with Crippen molar-refractivity contribution in [2.75, 3.05) is 57.3 Å². The highest BCUT2D eigenvalue weighted by Gasteiger charge is 2.25. The van der Waals surface area contributed by atoms with Crippen molar-refractivity contribution in [3.8, 4) is 0 Å². The van der Waals surface area contributed by atoms with Gasteiger partial charge in [-0.25, -0.2) is 4.98 Å². The zero-order valence-electron chi connectivity index (χ0n) is 20.9. The van der Waals surface area contributed by atoms with Crippen LogP contribution in [0, 0.1) is 6.92 Å². The van der Waals surface area contributed by atoms with Crippen LogP contribution in [0.2, 0.25) is 0 Å². The van der Waals surface area contributed by atoms with Gasteiger partial charge in [0.25, 0.3) is 11.5 Å². The second-order valence-electron chi connectivity index (χ2n) is 9.69. The van der Waals surface area contributed by atoms with Crippen molar-refractivity contribution >= 4 is 11.9 Å². The smallest absolute Gasteiger partial charge is 0.254 e. The Morgan fingerprint density at radius 2 is 1.47 bits per heavy atom. The van der Waals surface area contributed by atoms with Crippen molar-refractivity contribution in [2.45, 2.75) is 20.0 Å². The first-order valence-electron chi connectivity index (χ1n) is 12.7. The fourth-order valence-corrected chi connectivity index (χ4v) is 5.01. The summed E-state index contributed by atoms with van der Waals surface area (Å²) in [4.78, 5) is 41.9. The zero-order valence-corrected chi connectivity index (χ0v) is 20.9. The summed E-state index contributed by atoms with van der Waals surface area (Å²) < 4.78 is 0. The summed E-state index contributed by atoms with van der Waals surface area (Å²) in [6, 6.07) is 19.9. The number of nitrogens with one attached hydrogen (secondary N) is 1. The molecule has 36 heavy (non-hydrogen) atoms. The number of carbonyl (C=O) groups is 1. The summed E-state index contributed by atoms with van der Waals surface area (Å²) in [5.74, 6) is 0.664. The van der Waals surface area contributed by atoms with Gasteiger partial charge in [0.2, 0.25) is 5.95 Å². The van der Waals surface area contributed by atoms with E-state index in [0.29, 0.717) is 38.7 Å². The molecule has 2 aliphatic rings. The van der Waals surface area contributed by atoms with Crippen LogP contribution >= 0.6 is 0 Å². The number of rotatable bonds is 6. The van der Waals surface area contributed by atoms with Crippen molar-refractivity contribution in [3.05, 3.63) is 93.4 Å². The highest BCUT2D eigenvalue weighted by Crippen LogP contribution is 2.16. The number of amides is 1. The minimum absolute atomic E-state index is 0.0642. The molecule has 1 amide bonds. The van der Waals surface area contributed by atoms with Gasteiger partial charge in [-0.2, -0.15) is 0 Å². The molecule has 2 aromatic carbocycles. The third-order valence-electron chi connectivity index (χ3n) is 7.12. The number of H-pyrrole nitrogens is 1. The number of piperazine rings is 2. The van der Waals surface area contributed by atoms with Crippen molar-refractivity contribution < 1.29 is 4.79 Å². The van der Waals surface area contributed by atoms with Gasteiger partial charge in [0, 0.05) is 77.1 Å². The van der Waals surface area contributed by atoms with Crippen molar-refractivity contribution in [2.24, 2.45) is 0 Å². The first-order valence-corrected chi connectivity index (χ1v) is 12.7. The largest absolute Gasteiger partial charge is 0.339 e. The summed E-state index contributed by atoms with van der Waals surface area (Å²) in [5.41, 5.74) is 3.75. The van der Waals surface area contributed by atoms with Crippen molar-refractivity contribution in [1.82, 2.24) is 24.7 Å². The van der Waals surface area contributed by atoms with E-state index < -0.39 is 0 Å². The van der Waals surface area contributed by atoms with Gasteiger partial charge in [0.05, 0.1) is 5.69 Å². The highest BCUT2D eigenvalue weighted by molar-refractivity contribution is 5.95. The quantitative estimate of drug-likeness (QED) is 0.577. The van der Waals surface area contributed by atoms with Gasteiger partial charge in [-0.1, -0.05) is 48.5 Å². The predicted octanol–water partition coefficient (Wildman–Crippen LogP) is 2.36. The maximum atomic E-state index is 12.9. The Hall–Kier alpha value is -3.49. The van der Waals surface area contributed by atoms with Gasteiger partial charge >= 0.3 is 0 Å². The predicted molar refractivity (Wildman–Crippen MR) is 141 cm³/mol. The summed E-state index contributed by atoms with van der Waals surface area (Å²) >= 11 is 0. The van der Waals surface area contributed by atoms with Gasteiger partial charge < -0.3 is 9.80 Å². The molecule has 1 aromatic heterocycles. The molecule has 2 fully saturated rings. The molecule has 0 bridgehead atoms. The van der Waals surface area contributed by atoms with Crippen LogP contribution in [0.5, 0.6) is 0 Å². The Morgan fingerprint density at radius 3 is 2.17 bits per heavy atom. The van der Waals surface area contributed by atoms with Gasteiger partial charge in [-0.3, -0.25) is 24.4 Å². The topological polar surface area (TPSA) is 75.8 Å². The molecule has 0 saturated carbocycles. The van der Waals surface area contributed by atoms with Crippen LogP contribution in [0.4, 0.5) is 5.95 Å². The first kappa shape index (κ1) is 24.2. The molecule has 1 N–H and O–H groups in total. The maximum absolute atomic E-state index is 12.9. The molecule has 0 unspecified atom stereocenters. The van der Waals surface area contributed by atoms with Crippen LogP contribution in [-0.2, 0) is 13.1 Å². The number of hydrogen-bond donors (Lipinski definition) is 1. The number of anilines is 1. The highest BCUT2D eigenvalue weighted by atomic mass is 16.2. The molecule has 2 saturated heterocycles. The third kappa shape index (κ3) is 5.83. The van der Waals surface area contributed by atoms with Crippen LogP contribution in [0.15, 0.2) is 65.5 Å². The molecule has 0 spiro atoms. The average molecular weight is 487 g/mol.